The van der Waals surface area contributed by atoms with Crippen molar-refractivity contribution in [1.82, 2.24) is 0 Å². The molecule has 456 valence electrons. The molecule has 0 aliphatic rings. The van der Waals surface area contributed by atoms with Gasteiger partial charge in [0.1, 0.15) is 13.2 Å². The fourth-order valence-corrected chi connectivity index (χ4v) is 9.27. The normalized spacial score (nSPS) is 12.9. The van der Waals surface area contributed by atoms with Gasteiger partial charge in [0, 0.05) is 19.3 Å². The number of carbonyl (C=O) groups excluding carboxylic acids is 3. The van der Waals surface area contributed by atoms with Crippen LogP contribution in [0, 0.1) is 0 Å². The van der Waals surface area contributed by atoms with E-state index in [9.17, 15) is 14.4 Å². The van der Waals surface area contributed by atoms with Crippen LogP contribution in [0.25, 0.3) is 0 Å². The summed E-state index contributed by atoms with van der Waals surface area (Å²) < 4.78 is 16.9. The van der Waals surface area contributed by atoms with Crippen LogP contribution < -0.4 is 0 Å². The Morgan fingerprint density at radius 2 is 0.500 bits per heavy atom. The maximum absolute atomic E-state index is 12.9. The summed E-state index contributed by atoms with van der Waals surface area (Å²) in [6, 6.07) is 0. The molecule has 6 heteroatoms. The zero-order valence-electron chi connectivity index (χ0n) is 52.3. The summed E-state index contributed by atoms with van der Waals surface area (Å²) in [5.74, 6) is -0.954. The second-order valence-electron chi connectivity index (χ2n) is 22.0. The summed E-state index contributed by atoms with van der Waals surface area (Å²) in [5.41, 5.74) is 0. The highest BCUT2D eigenvalue weighted by Gasteiger charge is 2.19. The van der Waals surface area contributed by atoms with E-state index in [1.165, 1.54) is 148 Å². The number of rotatable bonds is 60. The molecule has 0 aromatic rings. The minimum atomic E-state index is -0.807. The molecule has 0 rings (SSSR count). The first-order valence-electron chi connectivity index (χ1n) is 33.5. The Kier molecular flexibility index (Phi) is 63.8. The largest absolute Gasteiger partial charge is 0.462 e. The summed E-state index contributed by atoms with van der Waals surface area (Å²) in [6.07, 6.45) is 93.6. The molecule has 0 radical (unpaired) electrons. The molecule has 80 heavy (non-hydrogen) atoms. The zero-order valence-corrected chi connectivity index (χ0v) is 52.3. The number of allylic oxidation sites excluding steroid dienone is 20. The fraction of sp³-hybridized carbons (Fsp3) is 0.689. The van der Waals surface area contributed by atoms with Gasteiger partial charge < -0.3 is 14.2 Å². The molecule has 0 heterocycles. The van der Waals surface area contributed by atoms with Crippen LogP contribution in [-0.4, -0.2) is 37.2 Å². The van der Waals surface area contributed by atoms with Crippen molar-refractivity contribution in [1.29, 1.82) is 0 Å². The average molecular weight is 1110 g/mol. The highest BCUT2D eigenvalue weighted by molar-refractivity contribution is 5.71. The molecule has 1 unspecified atom stereocenters. The SMILES string of the molecule is CC/C=C\C/C=C\C/C=C\C/C=C\C/C=C\CCCCCCCCCCCC(=O)OCC(COC(=O)CCC/C=C\C/C=C\C/C=C\C/C=C\C/C=C\CC)OC(=O)CCCCCCCCCCCCCCCCCCCCCC. The van der Waals surface area contributed by atoms with E-state index in [0.29, 0.717) is 19.3 Å². The molecule has 0 aromatic carbocycles. The molecule has 0 fully saturated rings. The van der Waals surface area contributed by atoms with Crippen molar-refractivity contribution in [2.75, 3.05) is 13.2 Å². The molecule has 0 aromatic heterocycles. The lowest BCUT2D eigenvalue weighted by Crippen LogP contribution is -2.30. The third kappa shape index (κ3) is 64.6. The Hall–Kier alpha value is -4.19. The fourth-order valence-electron chi connectivity index (χ4n) is 9.27. The van der Waals surface area contributed by atoms with E-state index in [-0.39, 0.29) is 37.5 Å². The number of hydrogen-bond donors (Lipinski definition) is 0. The Labute approximate surface area is 494 Å². The maximum atomic E-state index is 12.9. The first-order chi connectivity index (χ1) is 39.5. The topological polar surface area (TPSA) is 78.9 Å². The second kappa shape index (κ2) is 67.3. The Bertz CT molecular complexity index is 1650. The van der Waals surface area contributed by atoms with Gasteiger partial charge in [-0.15, -0.1) is 0 Å². The van der Waals surface area contributed by atoms with E-state index in [1.807, 2.05) is 0 Å². The molecule has 1 atom stereocenters. The van der Waals surface area contributed by atoms with Gasteiger partial charge in [-0.05, 0) is 103 Å². The van der Waals surface area contributed by atoms with Crippen LogP contribution in [0.2, 0.25) is 0 Å². The molecule has 0 saturated heterocycles. The maximum Gasteiger partial charge on any atom is 0.306 e. The minimum Gasteiger partial charge on any atom is -0.462 e. The van der Waals surface area contributed by atoms with Crippen molar-refractivity contribution in [2.24, 2.45) is 0 Å². The van der Waals surface area contributed by atoms with Crippen molar-refractivity contribution in [3.05, 3.63) is 122 Å². The van der Waals surface area contributed by atoms with E-state index in [1.54, 1.807) is 0 Å². The van der Waals surface area contributed by atoms with Crippen molar-refractivity contribution >= 4 is 17.9 Å². The lowest BCUT2D eigenvalue weighted by atomic mass is 10.0. The summed E-state index contributed by atoms with van der Waals surface area (Å²) >= 11 is 0. The summed E-state index contributed by atoms with van der Waals surface area (Å²) in [7, 11) is 0. The van der Waals surface area contributed by atoms with Gasteiger partial charge in [0.25, 0.3) is 0 Å². The van der Waals surface area contributed by atoms with Gasteiger partial charge in [-0.25, -0.2) is 0 Å². The molecular weight excluding hydrogens is 985 g/mol. The summed E-state index contributed by atoms with van der Waals surface area (Å²) in [4.78, 5) is 38.4. The van der Waals surface area contributed by atoms with Crippen molar-refractivity contribution in [3.8, 4) is 0 Å². The van der Waals surface area contributed by atoms with Gasteiger partial charge in [0.2, 0.25) is 0 Å². The highest BCUT2D eigenvalue weighted by Crippen LogP contribution is 2.17. The number of esters is 3. The van der Waals surface area contributed by atoms with Crippen LogP contribution in [-0.2, 0) is 28.6 Å². The molecule has 0 spiro atoms. The van der Waals surface area contributed by atoms with E-state index >= 15 is 0 Å². The predicted octanol–water partition coefficient (Wildman–Crippen LogP) is 23.2. The molecule has 0 amide bonds. The van der Waals surface area contributed by atoms with Crippen LogP contribution in [0.15, 0.2) is 122 Å². The van der Waals surface area contributed by atoms with Gasteiger partial charge in [0.15, 0.2) is 6.10 Å². The molecule has 0 saturated carbocycles. The first-order valence-corrected chi connectivity index (χ1v) is 33.5. The lowest BCUT2D eigenvalue weighted by Gasteiger charge is -2.18. The Morgan fingerprint density at radius 1 is 0.263 bits per heavy atom. The van der Waals surface area contributed by atoms with Gasteiger partial charge in [-0.2, -0.15) is 0 Å². The molecule has 0 aliphatic heterocycles. The number of unbranched alkanes of at least 4 members (excludes halogenated alkanes) is 29. The van der Waals surface area contributed by atoms with Gasteiger partial charge >= 0.3 is 17.9 Å². The predicted molar refractivity (Wildman–Crippen MR) is 348 cm³/mol. The van der Waals surface area contributed by atoms with E-state index < -0.39 is 6.10 Å². The zero-order chi connectivity index (χ0) is 57.8. The lowest BCUT2D eigenvalue weighted by molar-refractivity contribution is -0.167. The smallest absolute Gasteiger partial charge is 0.306 e. The van der Waals surface area contributed by atoms with E-state index in [0.717, 1.165) is 116 Å². The van der Waals surface area contributed by atoms with Crippen LogP contribution in [0.5, 0.6) is 0 Å². The van der Waals surface area contributed by atoms with Crippen LogP contribution >= 0.6 is 0 Å². The first kappa shape index (κ1) is 75.8. The minimum absolute atomic E-state index is 0.0990. The van der Waals surface area contributed by atoms with E-state index in [4.69, 9.17) is 14.2 Å². The molecule has 6 nitrogen and oxygen atoms in total. The van der Waals surface area contributed by atoms with Crippen LogP contribution in [0.3, 0.4) is 0 Å². The number of carbonyl (C=O) groups is 3. The number of ether oxygens (including phenoxy) is 3. The molecule has 0 bridgehead atoms. The monoisotopic (exact) mass is 1110 g/mol. The van der Waals surface area contributed by atoms with Crippen LogP contribution in [0.1, 0.15) is 310 Å². The third-order valence-electron chi connectivity index (χ3n) is 14.2. The molecule has 0 aliphatic carbocycles. The standard InChI is InChI=1S/C74H124O6/c1-4-7-10-13-16-19-22-25-28-31-33-35-36-37-38-39-41-43-46-49-52-55-58-61-64-67-73(76)79-70-71(69-78-72(75)66-63-60-57-54-51-48-45-42-30-27-24-21-18-15-12-9-6-3)80-74(77)68-65-62-59-56-53-50-47-44-40-34-32-29-26-23-20-17-14-11-8-5-2/h7,9-10,12,16,18-19,21,25,27-28,30,33,35,37-38,45,48,54,57,71H,4-6,8,11,13-15,17,20,22-24,26,29,31-32,34,36,39-44,46-47,49-53,55-56,58-70H2,1-3H3/b10-7-,12-9-,19-16-,21-18-,28-25-,30-27-,35-33-,38-37-,48-45-,57-54-. The Balaban J connectivity index is 4.43. The van der Waals surface area contributed by atoms with Gasteiger partial charge in [-0.3, -0.25) is 14.4 Å². The second-order valence-corrected chi connectivity index (χ2v) is 22.0. The Morgan fingerprint density at radius 3 is 0.812 bits per heavy atom. The molecule has 0 N–H and O–H groups in total. The van der Waals surface area contributed by atoms with Crippen molar-refractivity contribution < 1.29 is 28.6 Å². The van der Waals surface area contributed by atoms with Gasteiger partial charge in [0.05, 0.1) is 0 Å². The quantitative estimate of drug-likeness (QED) is 0.0261. The highest BCUT2D eigenvalue weighted by atomic mass is 16.6. The van der Waals surface area contributed by atoms with Crippen LogP contribution in [0.4, 0.5) is 0 Å². The summed E-state index contributed by atoms with van der Waals surface area (Å²) in [6.45, 7) is 6.39. The van der Waals surface area contributed by atoms with Crippen molar-refractivity contribution in [3.63, 3.8) is 0 Å². The van der Waals surface area contributed by atoms with Crippen molar-refractivity contribution in [2.45, 2.75) is 316 Å². The third-order valence-corrected chi connectivity index (χ3v) is 14.2. The average Bonchev–Trinajstić information content (AvgIpc) is 3.46. The summed E-state index contributed by atoms with van der Waals surface area (Å²) in [5, 5.41) is 0. The molecular formula is C74H124O6. The van der Waals surface area contributed by atoms with E-state index in [2.05, 4.69) is 142 Å². The number of hydrogen-bond acceptors (Lipinski definition) is 6. The van der Waals surface area contributed by atoms with Gasteiger partial charge in [-0.1, -0.05) is 309 Å².